The van der Waals surface area contributed by atoms with Crippen LogP contribution in [0.5, 0.6) is 0 Å². The van der Waals surface area contributed by atoms with Crippen LogP contribution in [0.3, 0.4) is 0 Å². The van der Waals surface area contributed by atoms with E-state index in [9.17, 15) is 4.79 Å². The van der Waals surface area contributed by atoms with Crippen LogP contribution in [0.15, 0.2) is 0 Å². The van der Waals surface area contributed by atoms with Crippen LogP contribution in [0.1, 0.15) is 58.3 Å². The van der Waals surface area contributed by atoms with E-state index in [1.165, 1.54) is 32.1 Å². The summed E-state index contributed by atoms with van der Waals surface area (Å²) in [5.41, 5.74) is 0. The van der Waals surface area contributed by atoms with Gasteiger partial charge in [0.1, 0.15) is 0 Å². The summed E-state index contributed by atoms with van der Waals surface area (Å²) >= 11 is 3.45. The molecule has 0 saturated heterocycles. The van der Waals surface area contributed by atoms with Gasteiger partial charge in [-0.1, -0.05) is 55.0 Å². The molecule has 0 bridgehead atoms. The number of amides is 1. The van der Waals surface area contributed by atoms with E-state index in [1.54, 1.807) is 0 Å². The van der Waals surface area contributed by atoms with Crippen molar-refractivity contribution in [3.05, 3.63) is 0 Å². The fraction of sp³-hybridized carbons (Fsp3) is 0.929. The van der Waals surface area contributed by atoms with Gasteiger partial charge in [0.15, 0.2) is 0 Å². The first kappa shape index (κ1) is 15.0. The summed E-state index contributed by atoms with van der Waals surface area (Å²) in [6.07, 6.45) is 9.76. The lowest BCUT2D eigenvalue weighted by molar-refractivity contribution is -0.136. The van der Waals surface area contributed by atoms with Crippen LogP contribution in [0, 0.1) is 5.92 Å². The number of carbonyl (C=O) groups is 1. The van der Waals surface area contributed by atoms with E-state index in [0.717, 1.165) is 37.7 Å². The molecule has 0 unspecified atom stereocenters. The average molecular weight is 304 g/mol. The third-order valence-electron chi connectivity index (χ3n) is 3.61. The van der Waals surface area contributed by atoms with Crippen LogP contribution in [-0.2, 0) is 4.79 Å². The van der Waals surface area contributed by atoms with E-state index in [0.29, 0.717) is 11.8 Å². The molecule has 1 saturated carbocycles. The largest absolute Gasteiger partial charge is 0.342 e. The Morgan fingerprint density at radius 2 is 1.71 bits per heavy atom. The highest BCUT2D eigenvalue weighted by atomic mass is 79.9. The average Bonchev–Trinajstić information content (AvgIpc) is 2.27. The molecule has 17 heavy (non-hydrogen) atoms. The summed E-state index contributed by atoms with van der Waals surface area (Å²) in [5, 5.41) is 0.894. The van der Waals surface area contributed by atoms with Gasteiger partial charge in [-0.15, -0.1) is 0 Å². The fourth-order valence-electron chi connectivity index (χ4n) is 2.67. The molecule has 0 aromatic rings. The minimum absolute atomic E-state index is 0.306. The minimum atomic E-state index is 0.306. The Balaban J connectivity index is 2.50. The van der Waals surface area contributed by atoms with Crippen molar-refractivity contribution in [3.63, 3.8) is 0 Å². The molecule has 1 amide bonds. The van der Waals surface area contributed by atoms with Gasteiger partial charge in [-0.05, 0) is 19.3 Å². The third-order valence-corrected chi connectivity index (χ3v) is 3.97. The normalized spacial score (nSPS) is 18.5. The summed E-state index contributed by atoms with van der Waals surface area (Å²) in [6.45, 7) is 3.93. The van der Waals surface area contributed by atoms with E-state index in [-0.39, 0.29) is 0 Å². The second-order valence-electron chi connectivity index (χ2n) is 5.06. The third kappa shape index (κ3) is 5.41. The molecule has 0 aliphatic heterocycles. The summed E-state index contributed by atoms with van der Waals surface area (Å²) in [6, 6.07) is 0. The van der Waals surface area contributed by atoms with Crippen molar-refractivity contribution in [1.29, 1.82) is 0 Å². The molecule has 0 aromatic carbocycles. The standard InChI is InChI=1S/C14H26BrNO/c1-2-11-16(12-10-15)14(17)13-8-6-4-3-5-7-9-13/h13H,2-12H2,1H3. The van der Waals surface area contributed by atoms with Gasteiger partial charge >= 0.3 is 0 Å². The smallest absolute Gasteiger partial charge is 0.225 e. The summed E-state index contributed by atoms with van der Waals surface area (Å²) in [5.74, 6) is 0.717. The SMILES string of the molecule is CCCN(CCBr)C(=O)C1CCCCCCC1. The maximum Gasteiger partial charge on any atom is 0.225 e. The quantitative estimate of drug-likeness (QED) is 0.704. The van der Waals surface area contributed by atoms with Gasteiger partial charge in [0.25, 0.3) is 0 Å². The maximum absolute atomic E-state index is 12.4. The fourth-order valence-corrected chi connectivity index (χ4v) is 3.09. The Kier molecular flexibility index (Phi) is 7.91. The van der Waals surface area contributed by atoms with E-state index < -0.39 is 0 Å². The summed E-state index contributed by atoms with van der Waals surface area (Å²) in [4.78, 5) is 14.5. The number of hydrogen-bond donors (Lipinski definition) is 0. The number of rotatable bonds is 5. The second-order valence-corrected chi connectivity index (χ2v) is 5.85. The van der Waals surface area contributed by atoms with Crippen LogP contribution in [0.25, 0.3) is 0 Å². The van der Waals surface area contributed by atoms with E-state index >= 15 is 0 Å². The monoisotopic (exact) mass is 303 g/mol. The van der Waals surface area contributed by atoms with Crippen molar-refractivity contribution in [2.24, 2.45) is 5.92 Å². The molecular formula is C14H26BrNO. The lowest BCUT2D eigenvalue weighted by Gasteiger charge is -2.27. The molecule has 100 valence electrons. The topological polar surface area (TPSA) is 20.3 Å². The Bertz CT molecular complexity index is 206. The second kappa shape index (κ2) is 8.96. The van der Waals surface area contributed by atoms with Crippen molar-refractivity contribution in [2.45, 2.75) is 58.3 Å². The highest BCUT2D eigenvalue weighted by Crippen LogP contribution is 2.24. The van der Waals surface area contributed by atoms with Crippen LogP contribution >= 0.6 is 15.9 Å². The molecule has 1 fully saturated rings. The minimum Gasteiger partial charge on any atom is -0.342 e. The Labute approximate surface area is 114 Å². The Morgan fingerprint density at radius 3 is 2.24 bits per heavy atom. The van der Waals surface area contributed by atoms with Gasteiger partial charge in [0, 0.05) is 24.3 Å². The molecule has 3 heteroatoms. The van der Waals surface area contributed by atoms with Crippen molar-refractivity contribution in [1.82, 2.24) is 4.90 Å². The Morgan fingerprint density at radius 1 is 1.12 bits per heavy atom. The number of nitrogens with zero attached hydrogens (tertiary/aromatic N) is 1. The van der Waals surface area contributed by atoms with Gasteiger partial charge in [0.2, 0.25) is 5.91 Å². The van der Waals surface area contributed by atoms with Gasteiger partial charge in [-0.25, -0.2) is 0 Å². The van der Waals surface area contributed by atoms with Crippen molar-refractivity contribution in [2.75, 3.05) is 18.4 Å². The van der Waals surface area contributed by atoms with Crippen molar-refractivity contribution in [3.8, 4) is 0 Å². The van der Waals surface area contributed by atoms with Crippen molar-refractivity contribution < 1.29 is 4.79 Å². The predicted octanol–water partition coefficient (Wildman–Crippen LogP) is 3.98. The first-order chi connectivity index (χ1) is 8.29. The number of hydrogen-bond acceptors (Lipinski definition) is 1. The molecular weight excluding hydrogens is 278 g/mol. The molecule has 1 aliphatic rings. The molecule has 1 aliphatic carbocycles. The number of carbonyl (C=O) groups excluding carboxylic acids is 1. The molecule has 0 radical (unpaired) electrons. The van der Waals surface area contributed by atoms with E-state index in [1.807, 2.05) is 0 Å². The molecule has 0 heterocycles. The Hall–Kier alpha value is -0.0500. The van der Waals surface area contributed by atoms with Crippen LogP contribution in [0.2, 0.25) is 0 Å². The lowest BCUT2D eigenvalue weighted by atomic mass is 9.90. The van der Waals surface area contributed by atoms with Crippen molar-refractivity contribution >= 4 is 21.8 Å². The maximum atomic E-state index is 12.4. The van der Waals surface area contributed by atoms with Gasteiger partial charge in [0.05, 0.1) is 0 Å². The first-order valence-electron chi connectivity index (χ1n) is 7.14. The lowest BCUT2D eigenvalue weighted by Crippen LogP contribution is -2.38. The summed E-state index contributed by atoms with van der Waals surface area (Å²) in [7, 11) is 0. The summed E-state index contributed by atoms with van der Waals surface area (Å²) < 4.78 is 0. The van der Waals surface area contributed by atoms with Gasteiger partial charge < -0.3 is 4.90 Å². The molecule has 2 nitrogen and oxygen atoms in total. The van der Waals surface area contributed by atoms with Crippen LogP contribution < -0.4 is 0 Å². The molecule has 0 atom stereocenters. The number of halogens is 1. The number of alkyl halides is 1. The molecule has 0 spiro atoms. The van der Waals surface area contributed by atoms with E-state index in [4.69, 9.17) is 0 Å². The van der Waals surface area contributed by atoms with Crippen LogP contribution in [0.4, 0.5) is 0 Å². The first-order valence-corrected chi connectivity index (χ1v) is 8.26. The predicted molar refractivity (Wildman–Crippen MR) is 76.5 cm³/mol. The molecule has 0 aromatic heterocycles. The zero-order valence-corrected chi connectivity index (χ0v) is 12.7. The van der Waals surface area contributed by atoms with Gasteiger partial charge in [-0.2, -0.15) is 0 Å². The van der Waals surface area contributed by atoms with Gasteiger partial charge in [-0.3, -0.25) is 4.79 Å². The zero-order chi connectivity index (χ0) is 12.5. The highest BCUT2D eigenvalue weighted by Gasteiger charge is 2.23. The highest BCUT2D eigenvalue weighted by molar-refractivity contribution is 9.09. The van der Waals surface area contributed by atoms with E-state index in [2.05, 4.69) is 27.8 Å². The molecule has 1 rings (SSSR count). The van der Waals surface area contributed by atoms with Crippen LogP contribution in [-0.4, -0.2) is 29.2 Å². The zero-order valence-electron chi connectivity index (χ0n) is 11.1. The molecule has 0 N–H and O–H groups in total.